The molecule has 0 bridgehead atoms. The SMILES string of the molecule is CCCCN1CCCCC1C(=O)Nc1c(C)cccc1C.Cl.O.O=S(=O)(O)C(F)(F)C(F)(F)C(F)(F)C(F)(F)C(F)(F)C(F)(F)C(F)(F)C(F)(F)F. The van der Waals surface area contributed by atoms with E-state index in [2.05, 4.69) is 43.1 Å². The molecule has 1 aromatic carbocycles. The van der Waals surface area contributed by atoms with E-state index in [-0.39, 0.29) is 29.8 Å². The van der Waals surface area contributed by atoms with E-state index in [1.807, 2.05) is 6.07 Å². The van der Waals surface area contributed by atoms with Crippen LogP contribution in [0.1, 0.15) is 50.2 Å². The molecule has 1 heterocycles. The predicted molar refractivity (Wildman–Crippen MR) is 152 cm³/mol. The predicted octanol–water partition coefficient (Wildman–Crippen LogP) is 8.33. The van der Waals surface area contributed by atoms with Crippen molar-refractivity contribution in [1.29, 1.82) is 0 Å². The molecule has 1 unspecified atom stereocenters. The van der Waals surface area contributed by atoms with Crippen molar-refractivity contribution in [3.63, 3.8) is 0 Å². The summed E-state index contributed by atoms with van der Waals surface area (Å²) in [6.07, 6.45) is -2.16. The van der Waals surface area contributed by atoms with E-state index in [4.69, 9.17) is 4.55 Å². The minimum atomic E-state index is -8.89. The molecule has 308 valence electrons. The molecule has 0 saturated carbocycles. The number of carbonyl (C=O) groups is 1. The van der Waals surface area contributed by atoms with E-state index in [9.17, 15) is 87.8 Å². The molecule has 2 rings (SSSR count). The third kappa shape index (κ3) is 9.10. The molecule has 0 aromatic heterocycles. The van der Waals surface area contributed by atoms with Crippen molar-refractivity contribution in [1.82, 2.24) is 4.90 Å². The number of nitrogens with zero attached hydrogens (tertiary/aromatic N) is 1. The fourth-order valence-corrected chi connectivity index (χ4v) is 4.90. The van der Waals surface area contributed by atoms with E-state index >= 15 is 0 Å². The Bertz CT molecular complexity index is 1440. The molecule has 0 radical (unpaired) electrons. The van der Waals surface area contributed by atoms with Gasteiger partial charge in [0.15, 0.2) is 0 Å². The molecule has 0 spiro atoms. The summed E-state index contributed by atoms with van der Waals surface area (Å²) in [7, 11) is -7.89. The number of hydrogen-bond donors (Lipinski definition) is 2. The maximum Gasteiger partial charge on any atom is 0.460 e. The van der Waals surface area contributed by atoms with Crippen molar-refractivity contribution in [2.45, 2.75) is 106 Å². The molecule has 7 nitrogen and oxygen atoms in total. The minimum Gasteiger partial charge on any atom is -0.412 e. The zero-order valence-electron chi connectivity index (χ0n) is 26.6. The van der Waals surface area contributed by atoms with Crippen molar-refractivity contribution in [3.8, 4) is 0 Å². The highest BCUT2D eigenvalue weighted by Crippen LogP contribution is 2.64. The monoisotopic (exact) mass is 842 g/mol. The highest BCUT2D eigenvalue weighted by atomic mass is 35.5. The van der Waals surface area contributed by atoms with Gasteiger partial charge in [0.05, 0.1) is 6.04 Å². The van der Waals surface area contributed by atoms with Crippen molar-refractivity contribution >= 4 is 34.1 Å². The van der Waals surface area contributed by atoms with Gasteiger partial charge >= 0.3 is 57.1 Å². The smallest absolute Gasteiger partial charge is 0.412 e. The number of rotatable bonds is 12. The maximum absolute atomic E-state index is 13.0. The lowest BCUT2D eigenvalue weighted by Gasteiger charge is -2.42. The zero-order valence-corrected chi connectivity index (χ0v) is 28.3. The van der Waals surface area contributed by atoms with Crippen LogP contribution in [0.15, 0.2) is 18.2 Å². The standard InChI is InChI=1S/C18H28N2O.C8HF17O3S.ClH.H2O/c1-4-5-12-20-13-7-6-11-16(20)18(21)19-17-14(2)9-8-10-15(17)3;9-1(10,3(13,14)5(17,18)7(21,22)23)2(11,12)4(15,16)6(19,20)8(24,25)29(26,27)28;;/h8-10,16H,4-7,11-13H2,1-3H3,(H,19,21);(H,26,27,28);1H;1H2. The Hall–Kier alpha value is -2.38. The Labute approximate surface area is 290 Å². The van der Waals surface area contributed by atoms with E-state index in [0.717, 1.165) is 42.7 Å². The second-order valence-corrected chi connectivity index (χ2v) is 12.6. The molecule has 1 aromatic rings. The van der Waals surface area contributed by atoms with Gasteiger partial charge in [0.25, 0.3) is 0 Å². The summed E-state index contributed by atoms with van der Waals surface area (Å²) in [6.45, 7) is 8.42. The number of alkyl halides is 17. The molecule has 1 atom stereocenters. The lowest BCUT2D eigenvalue weighted by Crippen LogP contribution is -2.74. The molecular weight excluding hydrogens is 811 g/mol. The van der Waals surface area contributed by atoms with Crippen LogP contribution in [-0.4, -0.2) is 95.4 Å². The Morgan fingerprint density at radius 3 is 1.56 bits per heavy atom. The first-order valence-corrected chi connectivity index (χ1v) is 15.4. The van der Waals surface area contributed by atoms with Crippen LogP contribution in [0.3, 0.4) is 0 Å². The molecule has 1 fully saturated rings. The number of anilines is 1. The van der Waals surface area contributed by atoms with E-state index < -0.39 is 57.1 Å². The molecule has 1 aliphatic heterocycles. The second kappa shape index (κ2) is 17.0. The van der Waals surface area contributed by atoms with Crippen LogP contribution < -0.4 is 5.32 Å². The number of hydrogen-bond acceptors (Lipinski definition) is 4. The summed E-state index contributed by atoms with van der Waals surface area (Å²) >= 11 is 0. The summed E-state index contributed by atoms with van der Waals surface area (Å²) in [5.41, 5.74) is 3.27. The van der Waals surface area contributed by atoms with Gasteiger partial charge in [-0.25, -0.2) is 0 Å². The van der Waals surface area contributed by atoms with Crippen LogP contribution in [0.5, 0.6) is 0 Å². The zero-order chi connectivity index (χ0) is 39.7. The normalized spacial score (nSPS) is 17.3. The van der Waals surface area contributed by atoms with Gasteiger partial charge in [0.1, 0.15) is 0 Å². The van der Waals surface area contributed by atoms with Crippen molar-refractivity contribution < 1.29 is 97.9 Å². The van der Waals surface area contributed by atoms with Gasteiger partial charge in [-0.2, -0.15) is 83.1 Å². The summed E-state index contributed by atoms with van der Waals surface area (Å²) in [6, 6.07) is 6.19. The number of aryl methyl sites for hydroxylation is 2. The van der Waals surface area contributed by atoms with E-state index in [1.54, 1.807) is 0 Å². The lowest BCUT2D eigenvalue weighted by molar-refractivity contribution is -0.458. The molecule has 52 heavy (non-hydrogen) atoms. The van der Waals surface area contributed by atoms with Gasteiger partial charge in [0.2, 0.25) is 5.91 Å². The number of carbonyl (C=O) groups excluding carboxylic acids is 1. The van der Waals surface area contributed by atoms with Crippen molar-refractivity contribution in [2.75, 3.05) is 18.4 Å². The molecule has 0 aliphatic carbocycles. The summed E-state index contributed by atoms with van der Waals surface area (Å²) in [5, 5.41) is -4.67. The molecule has 1 saturated heterocycles. The molecule has 1 amide bonds. The maximum atomic E-state index is 13.0. The highest BCUT2D eigenvalue weighted by Gasteiger charge is 2.96. The van der Waals surface area contributed by atoms with Gasteiger partial charge < -0.3 is 10.8 Å². The van der Waals surface area contributed by atoms with Gasteiger partial charge in [-0.05, 0) is 57.3 Å². The molecular formula is C26H32ClF17N2O5S. The third-order valence-corrected chi connectivity index (χ3v) is 8.37. The van der Waals surface area contributed by atoms with E-state index in [0.29, 0.717) is 0 Å². The Morgan fingerprint density at radius 2 is 1.17 bits per heavy atom. The second-order valence-electron chi connectivity index (χ2n) is 11.1. The van der Waals surface area contributed by atoms with Crippen molar-refractivity contribution in [2.24, 2.45) is 0 Å². The topological polar surface area (TPSA) is 118 Å². The fraction of sp³-hybridized carbons (Fsp3) is 0.731. The first kappa shape index (κ1) is 51.7. The third-order valence-electron chi connectivity index (χ3n) is 7.46. The lowest BCUT2D eigenvalue weighted by atomic mass is 9.91. The van der Waals surface area contributed by atoms with Crippen LogP contribution >= 0.6 is 12.4 Å². The first-order chi connectivity index (χ1) is 22.1. The van der Waals surface area contributed by atoms with Crippen LogP contribution in [0.25, 0.3) is 0 Å². The van der Waals surface area contributed by atoms with Crippen LogP contribution in [0.4, 0.5) is 80.3 Å². The average Bonchev–Trinajstić information content (AvgIpc) is 2.96. The number of benzene rings is 1. The van der Waals surface area contributed by atoms with Gasteiger partial charge in [-0.3, -0.25) is 14.2 Å². The van der Waals surface area contributed by atoms with Gasteiger partial charge in [-0.15, -0.1) is 12.4 Å². The number of amides is 1. The van der Waals surface area contributed by atoms with Crippen LogP contribution in [-0.2, 0) is 14.9 Å². The van der Waals surface area contributed by atoms with Gasteiger partial charge in [0, 0.05) is 5.69 Å². The summed E-state index contributed by atoms with van der Waals surface area (Å²) in [5.74, 6) is -51.8. The molecule has 26 heteroatoms. The quantitative estimate of drug-likeness (QED) is 0.162. The Balaban J connectivity index is 0. The molecule has 1 aliphatic rings. The number of nitrogens with one attached hydrogen (secondary N) is 1. The number of unbranched alkanes of at least 4 members (excludes halogenated alkanes) is 1. The Morgan fingerprint density at radius 1 is 0.769 bits per heavy atom. The van der Waals surface area contributed by atoms with Crippen molar-refractivity contribution in [3.05, 3.63) is 29.3 Å². The van der Waals surface area contributed by atoms with Crippen LogP contribution in [0, 0.1) is 13.8 Å². The van der Waals surface area contributed by atoms with Gasteiger partial charge in [-0.1, -0.05) is 38.0 Å². The Kier molecular flexibility index (Phi) is 16.9. The summed E-state index contributed by atoms with van der Waals surface area (Å²) in [4.78, 5) is 15.1. The number of halogens is 18. The minimum absolute atomic E-state index is 0. The number of likely N-dealkylation sites (tertiary alicyclic amines) is 1. The van der Waals surface area contributed by atoms with E-state index in [1.165, 1.54) is 19.3 Å². The molecule has 4 N–H and O–H groups in total. The highest BCUT2D eigenvalue weighted by molar-refractivity contribution is 7.87. The average molecular weight is 843 g/mol. The largest absolute Gasteiger partial charge is 0.460 e. The summed E-state index contributed by atoms with van der Waals surface area (Å²) < 4.78 is 242. The van der Waals surface area contributed by atoms with Crippen LogP contribution in [0.2, 0.25) is 0 Å². The number of para-hydroxylation sites is 1. The number of piperidine rings is 1. The first-order valence-electron chi connectivity index (χ1n) is 13.9. The fourth-order valence-electron chi connectivity index (χ4n) is 4.45.